The monoisotopic (exact) mass is 599 g/mol. The molecule has 0 aliphatic heterocycles. The van der Waals surface area contributed by atoms with E-state index in [9.17, 15) is 0 Å². The molecule has 8 rings (SSSR count). The fourth-order valence-corrected chi connectivity index (χ4v) is 6.44. The molecule has 0 N–H and O–H groups in total. The van der Waals surface area contributed by atoms with Crippen molar-refractivity contribution in [2.75, 3.05) is 4.90 Å². The van der Waals surface area contributed by atoms with Crippen LogP contribution in [-0.2, 0) is 0 Å². The van der Waals surface area contributed by atoms with E-state index in [-0.39, 0.29) is 0 Å². The number of rotatable bonds is 7. The van der Waals surface area contributed by atoms with Crippen molar-refractivity contribution in [2.45, 2.75) is 0 Å². The lowest BCUT2D eigenvalue weighted by Crippen LogP contribution is -2.10. The Hall–Kier alpha value is -6.18. The maximum absolute atomic E-state index is 2.40. The highest BCUT2D eigenvalue weighted by Gasteiger charge is 2.18. The summed E-state index contributed by atoms with van der Waals surface area (Å²) >= 11 is 0. The third-order valence-corrected chi connectivity index (χ3v) is 8.82. The minimum Gasteiger partial charge on any atom is -0.310 e. The molecule has 1 heteroatoms. The summed E-state index contributed by atoms with van der Waals surface area (Å²) in [6.45, 7) is 0. The van der Waals surface area contributed by atoms with Gasteiger partial charge in [-0.15, -0.1) is 0 Å². The maximum Gasteiger partial charge on any atom is 0.0546 e. The molecule has 0 spiro atoms. The fraction of sp³-hybridized carbons (Fsp3) is 0. The zero-order valence-corrected chi connectivity index (χ0v) is 26.0. The molecule has 0 saturated carbocycles. The van der Waals surface area contributed by atoms with Gasteiger partial charge in [-0.3, -0.25) is 0 Å². The molecule has 8 aromatic carbocycles. The van der Waals surface area contributed by atoms with Crippen LogP contribution in [0.4, 0.5) is 17.1 Å². The quantitative estimate of drug-likeness (QED) is 0.130. The molecule has 8 aromatic rings. The minimum atomic E-state index is 1.11. The lowest BCUT2D eigenvalue weighted by Gasteiger charge is -2.28. The molecule has 0 bridgehead atoms. The summed E-state index contributed by atoms with van der Waals surface area (Å²) in [5, 5.41) is 7.51. The highest BCUT2D eigenvalue weighted by molar-refractivity contribution is 6.21. The van der Waals surface area contributed by atoms with Crippen molar-refractivity contribution in [2.24, 2.45) is 0 Å². The molecule has 0 heterocycles. The van der Waals surface area contributed by atoms with Crippen molar-refractivity contribution >= 4 is 73.7 Å². The van der Waals surface area contributed by atoms with E-state index in [0.717, 1.165) is 28.2 Å². The number of anilines is 3. The molecule has 0 unspecified atom stereocenters. The molecule has 0 radical (unpaired) electrons. The molecule has 0 aliphatic carbocycles. The van der Waals surface area contributed by atoms with Crippen LogP contribution < -0.4 is 4.90 Å². The van der Waals surface area contributed by atoms with E-state index >= 15 is 0 Å². The summed E-state index contributed by atoms with van der Waals surface area (Å²) in [5.74, 6) is 0. The smallest absolute Gasteiger partial charge is 0.0546 e. The van der Waals surface area contributed by atoms with Crippen molar-refractivity contribution in [1.29, 1.82) is 0 Å². The van der Waals surface area contributed by atoms with Gasteiger partial charge in [0.05, 0.1) is 5.69 Å². The van der Waals surface area contributed by atoms with E-state index in [2.05, 4.69) is 193 Å². The zero-order valence-electron chi connectivity index (χ0n) is 26.0. The van der Waals surface area contributed by atoms with Gasteiger partial charge in [-0.05, 0) is 79.5 Å². The van der Waals surface area contributed by atoms with Gasteiger partial charge in [0.15, 0.2) is 0 Å². The molecule has 0 fully saturated rings. The molecular weight excluding hydrogens is 567 g/mol. The molecule has 0 atom stereocenters. The number of fused-ring (bicyclic) bond motifs is 5. The lowest BCUT2D eigenvalue weighted by molar-refractivity contribution is 1.30. The second-order valence-corrected chi connectivity index (χ2v) is 11.8. The number of nitrogens with zero attached hydrogens (tertiary/aromatic N) is 1. The number of benzene rings is 8. The molecule has 0 saturated heterocycles. The first-order valence-electron chi connectivity index (χ1n) is 16.1. The van der Waals surface area contributed by atoms with Crippen molar-refractivity contribution < 1.29 is 0 Å². The van der Waals surface area contributed by atoms with Crippen LogP contribution in [-0.4, -0.2) is 0 Å². The Morgan fingerprint density at radius 2 is 0.723 bits per heavy atom. The molecule has 222 valence electrons. The van der Waals surface area contributed by atoms with E-state index in [1.54, 1.807) is 0 Å². The van der Waals surface area contributed by atoms with E-state index in [0.29, 0.717) is 0 Å². The van der Waals surface area contributed by atoms with Gasteiger partial charge in [0, 0.05) is 16.8 Å². The zero-order chi connectivity index (χ0) is 31.4. The van der Waals surface area contributed by atoms with Crippen LogP contribution in [0, 0.1) is 0 Å². The minimum absolute atomic E-state index is 1.11. The van der Waals surface area contributed by atoms with Crippen LogP contribution in [0.25, 0.3) is 56.6 Å². The predicted octanol–water partition coefficient (Wildman–Crippen LogP) is 13.0. The third-order valence-electron chi connectivity index (χ3n) is 8.82. The standard InChI is InChI=1S/C46H33N/c1-3-11-34(12-4-1)19-21-36-23-28-39(29-24-36)47(40-30-25-37(26-31-40)22-20-35-13-5-2-6-14-35)46-33-45-41-16-8-7-15-38(41)27-32-43(45)42-17-9-10-18-44(42)46/h1-33H. The summed E-state index contributed by atoms with van der Waals surface area (Å²) in [4.78, 5) is 2.40. The first-order chi connectivity index (χ1) is 23.3. The van der Waals surface area contributed by atoms with E-state index in [4.69, 9.17) is 0 Å². The van der Waals surface area contributed by atoms with Crippen molar-refractivity contribution in [3.63, 3.8) is 0 Å². The van der Waals surface area contributed by atoms with Crippen molar-refractivity contribution in [3.05, 3.63) is 198 Å². The van der Waals surface area contributed by atoms with E-state index in [1.807, 2.05) is 12.1 Å². The maximum atomic E-state index is 2.40. The largest absolute Gasteiger partial charge is 0.310 e. The highest BCUT2D eigenvalue weighted by Crippen LogP contribution is 2.43. The normalized spacial score (nSPS) is 11.7. The number of hydrogen-bond acceptors (Lipinski definition) is 1. The second kappa shape index (κ2) is 12.7. The average Bonchev–Trinajstić information content (AvgIpc) is 3.15. The second-order valence-electron chi connectivity index (χ2n) is 11.8. The van der Waals surface area contributed by atoms with E-state index in [1.165, 1.54) is 43.4 Å². The summed E-state index contributed by atoms with van der Waals surface area (Å²) in [6, 6.07) is 63.0. The fourth-order valence-electron chi connectivity index (χ4n) is 6.44. The number of hydrogen-bond donors (Lipinski definition) is 0. The first-order valence-corrected chi connectivity index (χ1v) is 16.1. The average molecular weight is 600 g/mol. The Bertz CT molecular complexity index is 2270. The SMILES string of the molecule is C(=Cc1ccc(N(c2ccc(C=Cc3ccccc3)cc2)c2cc3c4ccccc4ccc3c3ccccc23)cc1)c1ccccc1. The third kappa shape index (κ3) is 5.83. The van der Waals surface area contributed by atoms with Crippen molar-refractivity contribution in [1.82, 2.24) is 0 Å². The molecule has 0 amide bonds. The van der Waals surface area contributed by atoms with Gasteiger partial charge >= 0.3 is 0 Å². The van der Waals surface area contributed by atoms with Crippen LogP contribution in [0.3, 0.4) is 0 Å². The van der Waals surface area contributed by atoms with Crippen LogP contribution in [0.1, 0.15) is 22.3 Å². The highest BCUT2D eigenvalue weighted by atomic mass is 15.1. The van der Waals surface area contributed by atoms with E-state index < -0.39 is 0 Å². The lowest BCUT2D eigenvalue weighted by atomic mass is 9.95. The Morgan fingerprint density at radius 3 is 1.28 bits per heavy atom. The molecule has 0 aliphatic rings. The van der Waals surface area contributed by atoms with Crippen LogP contribution in [0.5, 0.6) is 0 Å². The van der Waals surface area contributed by atoms with Gasteiger partial charge < -0.3 is 4.90 Å². The molecule has 1 nitrogen and oxygen atoms in total. The Balaban J connectivity index is 1.27. The summed E-state index contributed by atoms with van der Waals surface area (Å²) in [5.41, 5.74) is 8.08. The first kappa shape index (κ1) is 28.3. The summed E-state index contributed by atoms with van der Waals surface area (Å²) in [6.07, 6.45) is 8.68. The summed E-state index contributed by atoms with van der Waals surface area (Å²) in [7, 11) is 0. The van der Waals surface area contributed by atoms with Gasteiger partial charge in [0.1, 0.15) is 0 Å². The van der Waals surface area contributed by atoms with Gasteiger partial charge in [0.2, 0.25) is 0 Å². The predicted molar refractivity (Wildman–Crippen MR) is 204 cm³/mol. The van der Waals surface area contributed by atoms with Gasteiger partial charge in [0.25, 0.3) is 0 Å². The topological polar surface area (TPSA) is 3.24 Å². The van der Waals surface area contributed by atoms with Gasteiger partial charge in [-0.25, -0.2) is 0 Å². The molecule has 47 heavy (non-hydrogen) atoms. The Morgan fingerprint density at radius 1 is 0.298 bits per heavy atom. The van der Waals surface area contributed by atoms with Crippen LogP contribution in [0.2, 0.25) is 0 Å². The summed E-state index contributed by atoms with van der Waals surface area (Å²) < 4.78 is 0. The Kier molecular flexibility index (Phi) is 7.63. The molecule has 0 aromatic heterocycles. The van der Waals surface area contributed by atoms with Gasteiger partial charge in [-0.2, -0.15) is 0 Å². The van der Waals surface area contributed by atoms with Crippen LogP contribution in [0.15, 0.2) is 176 Å². The van der Waals surface area contributed by atoms with Gasteiger partial charge in [-0.1, -0.05) is 170 Å². The van der Waals surface area contributed by atoms with Crippen LogP contribution >= 0.6 is 0 Å². The van der Waals surface area contributed by atoms with Crippen molar-refractivity contribution in [3.8, 4) is 0 Å². The Labute approximate surface area is 276 Å². The molecular formula is C46H33N.